The summed E-state index contributed by atoms with van der Waals surface area (Å²) in [5.41, 5.74) is 3.13. The van der Waals surface area contributed by atoms with Crippen LogP contribution < -0.4 is 19.6 Å². The molecule has 0 unspecified atom stereocenters. The van der Waals surface area contributed by atoms with E-state index in [9.17, 15) is 4.79 Å². The van der Waals surface area contributed by atoms with Crippen LogP contribution in [0.2, 0.25) is 10.0 Å². The summed E-state index contributed by atoms with van der Waals surface area (Å²) in [6.07, 6.45) is 1.47. The van der Waals surface area contributed by atoms with Gasteiger partial charge in [0.2, 0.25) is 5.75 Å². The molecule has 0 radical (unpaired) electrons. The van der Waals surface area contributed by atoms with Gasteiger partial charge in [-0.2, -0.15) is 5.10 Å². The molecule has 0 atom stereocenters. The lowest BCUT2D eigenvalue weighted by molar-refractivity contribution is 0.0959. The lowest BCUT2D eigenvalue weighted by Crippen LogP contribution is -2.16. The Morgan fingerprint density at radius 1 is 1.07 bits per heavy atom. The summed E-state index contributed by atoms with van der Waals surface area (Å²) in [7, 11) is 4.57. The third-order valence-electron chi connectivity index (χ3n) is 3.86. The van der Waals surface area contributed by atoms with Crippen LogP contribution in [0.3, 0.4) is 0 Å². The zero-order chi connectivity index (χ0) is 20.3. The zero-order valence-corrected chi connectivity index (χ0v) is 17.5. The first-order valence-corrected chi connectivity index (χ1v) is 9.56. The third-order valence-corrected chi connectivity index (χ3v) is 5.77. The van der Waals surface area contributed by atoms with Crippen molar-refractivity contribution >= 4 is 56.7 Å². The smallest absolute Gasteiger partial charge is 0.283 e. The fourth-order valence-corrected chi connectivity index (χ4v) is 4.13. The molecule has 0 aliphatic heterocycles. The minimum absolute atomic E-state index is 0.350. The number of hydrazone groups is 1. The highest BCUT2D eigenvalue weighted by molar-refractivity contribution is 7.21. The minimum atomic E-state index is -0.411. The second-order valence-electron chi connectivity index (χ2n) is 5.54. The van der Waals surface area contributed by atoms with Gasteiger partial charge in [0.25, 0.3) is 5.91 Å². The van der Waals surface area contributed by atoms with E-state index in [1.807, 2.05) is 6.07 Å². The fourth-order valence-electron chi connectivity index (χ4n) is 2.58. The number of halogens is 2. The van der Waals surface area contributed by atoms with E-state index in [1.54, 1.807) is 24.3 Å². The minimum Gasteiger partial charge on any atom is -0.493 e. The van der Waals surface area contributed by atoms with E-state index in [2.05, 4.69) is 10.5 Å². The molecule has 0 saturated heterocycles. The number of rotatable bonds is 6. The van der Waals surface area contributed by atoms with Crippen LogP contribution in [0.1, 0.15) is 15.2 Å². The maximum Gasteiger partial charge on any atom is 0.283 e. The van der Waals surface area contributed by atoms with Crippen molar-refractivity contribution in [1.82, 2.24) is 5.43 Å². The standard InChI is InChI=1S/C19H16Cl2N2O4S/c1-25-13-6-10(7-14(26-2)17(13)27-3)9-22-23-19(24)18-16(21)12-8-11(20)4-5-15(12)28-18/h4-9H,1-3H3,(H,23,24)/b22-9+. The quantitative estimate of drug-likeness (QED) is 0.434. The summed E-state index contributed by atoms with van der Waals surface area (Å²) in [6, 6.07) is 8.73. The van der Waals surface area contributed by atoms with Crippen LogP contribution in [0.25, 0.3) is 10.1 Å². The van der Waals surface area contributed by atoms with Crippen molar-refractivity contribution in [3.05, 3.63) is 50.8 Å². The first kappa shape index (κ1) is 20.3. The Morgan fingerprint density at radius 2 is 1.75 bits per heavy atom. The summed E-state index contributed by atoms with van der Waals surface area (Å²) in [4.78, 5) is 12.8. The Balaban J connectivity index is 1.81. The lowest BCUT2D eigenvalue weighted by Gasteiger charge is -2.12. The molecule has 9 heteroatoms. The highest BCUT2D eigenvalue weighted by Gasteiger charge is 2.17. The number of ether oxygens (including phenoxy) is 3. The zero-order valence-electron chi connectivity index (χ0n) is 15.2. The van der Waals surface area contributed by atoms with E-state index in [4.69, 9.17) is 37.4 Å². The predicted molar refractivity (Wildman–Crippen MR) is 113 cm³/mol. The van der Waals surface area contributed by atoms with Crippen molar-refractivity contribution in [2.75, 3.05) is 21.3 Å². The number of methoxy groups -OCH3 is 3. The van der Waals surface area contributed by atoms with Crippen molar-refractivity contribution in [3.8, 4) is 17.2 Å². The molecule has 3 aromatic rings. The molecule has 0 aliphatic carbocycles. The lowest BCUT2D eigenvalue weighted by atomic mass is 10.2. The van der Waals surface area contributed by atoms with Crippen LogP contribution in [0.15, 0.2) is 35.4 Å². The van der Waals surface area contributed by atoms with Crippen LogP contribution in [0, 0.1) is 0 Å². The number of carbonyl (C=O) groups is 1. The Kier molecular flexibility index (Phi) is 6.28. The molecular formula is C19H16Cl2N2O4S. The van der Waals surface area contributed by atoms with Gasteiger partial charge in [-0.25, -0.2) is 5.43 Å². The van der Waals surface area contributed by atoms with Gasteiger partial charge in [-0.1, -0.05) is 23.2 Å². The number of amides is 1. The Hall–Kier alpha value is -2.48. The molecule has 1 N–H and O–H groups in total. The van der Waals surface area contributed by atoms with Gasteiger partial charge in [0.1, 0.15) is 4.88 Å². The number of hydrogen-bond acceptors (Lipinski definition) is 6. The van der Waals surface area contributed by atoms with Gasteiger partial charge < -0.3 is 14.2 Å². The van der Waals surface area contributed by atoms with Crippen molar-refractivity contribution in [1.29, 1.82) is 0 Å². The molecule has 0 fully saturated rings. The number of thiophene rings is 1. The normalized spacial score (nSPS) is 11.0. The molecule has 0 saturated carbocycles. The molecule has 146 valence electrons. The number of fused-ring (bicyclic) bond motifs is 1. The first-order chi connectivity index (χ1) is 13.5. The van der Waals surface area contributed by atoms with Gasteiger partial charge in [0, 0.05) is 20.7 Å². The highest BCUT2D eigenvalue weighted by atomic mass is 35.5. The van der Waals surface area contributed by atoms with Gasteiger partial charge in [0.05, 0.1) is 32.6 Å². The van der Waals surface area contributed by atoms with Gasteiger partial charge >= 0.3 is 0 Å². The average Bonchev–Trinajstić information content (AvgIpc) is 3.03. The highest BCUT2D eigenvalue weighted by Crippen LogP contribution is 2.38. The summed E-state index contributed by atoms with van der Waals surface area (Å²) >= 11 is 13.6. The molecule has 1 amide bonds. The van der Waals surface area contributed by atoms with E-state index in [0.29, 0.717) is 37.7 Å². The summed E-state index contributed by atoms with van der Waals surface area (Å²) < 4.78 is 16.7. The van der Waals surface area contributed by atoms with Crippen molar-refractivity contribution < 1.29 is 19.0 Å². The molecule has 0 aliphatic rings. The van der Waals surface area contributed by atoms with Gasteiger partial charge in [-0.3, -0.25) is 4.79 Å². The van der Waals surface area contributed by atoms with E-state index < -0.39 is 5.91 Å². The SMILES string of the molecule is COc1cc(/C=N/NC(=O)c2sc3ccc(Cl)cc3c2Cl)cc(OC)c1OC. The molecule has 3 rings (SSSR count). The molecule has 28 heavy (non-hydrogen) atoms. The number of nitrogens with one attached hydrogen (secondary N) is 1. The summed E-state index contributed by atoms with van der Waals surface area (Å²) in [5.74, 6) is 1.03. The van der Waals surface area contributed by atoms with E-state index >= 15 is 0 Å². The Labute approximate surface area is 175 Å². The van der Waals surface area contributed by atoms with E-state index in [0.717, 1.165) is 10.1 Å². The van der Waals surface area contributed by atoms with Crippen LogP contribution in [-0.4, -0.2) is 33.5 Å². The molecular weight excluding hydrogens is 423 g/mol. The van der Waals surface area contributed by atoms with Crippen molar-refractivity contribution in [2.45, 2.75) is 0 Å². The molecule has 6 nitrogen and oxygen atoms in total. The van der Waals surface area contributed by atoms with Gasteiger partial charge in [-0.15, -0.1) is 11.3 Å². The maximum atomic E-state index is 12.5. The number of hydrogen-bond donors (Lipinski definition) is 1. The second kappa shape index (κ2) is 8.68. The van der Waals surface area contributed by atoms with Crippen LogP contribution >= 0.6 is 34.5 Å². The Morgan fingerprint density at radius 3 is 2.36 bits per heavy atom. The van der Waals surface area contributed by atoms with Crippen molar-refractivity contribution in [3.63, 3.8) is 0 Å². The topological polar surface area (TPSA) is 69.2 Å². The first-order valence-electron chi connectivity index (χ1n) is 7.99. The van der Waals surface area contributed by atoms with Gasteiger partial charge in [0.15, 0.2) is 11.5 Å². The largest absolute Gasteiger partial charge is 0.493 e. The Bertz CT molecular complexity index is 1040. The fraction of sp³-hybridized carbons (Fsp3) is 0.158. The molecule has 0 bridgehead atoms. The molecule has 1 heterocycles. The number of benzene rings is 2. The van der Waals surface area contributed by atoms with Crippen LogP contribution in [-0.2, 0) is 0 Å². The van der Waals surface area contributed by atoms with E-state index in [-0.39, 0.29) is 0 Å². The molecule has 0 spiro atoms. The third kappa shape index (κ3) is 4.01. The predicted octanol–water partition coefficient (Wildman–Crippen LogP) is 5.00. The number of nitrogens with zero attached hydrogens (tertiary/aromatic N) is 1. The second-order valence-corrected chi connectivity index (χ2v) is 7.41. The number of carbonyl (C=O) groups excluding carboxylic acids is 1. The van der Waals surface area contributed by atoms with E-state index in [1.165, 1.54) is 38.9 Å². The molecule has 2 aromatic carbocycles. The summed E-state index contributed by atoms with van der Waals surface area (Å²) in [5, 5.41) is 5.64. The summed E-state index contributed by atoms with van der Waals surface area (Å²) in [6.45, 7) is 0. The van der Waals surface area contributed by atoms with Crippen LogP contribution in [0.4, 0.5) is 0 Å². The average molecular weight is 439 g/mol. The van der Waals surface area contributed by atoms with Crippen LogP contribution in [0.5, 0.6) is 17.2 Å². The monoisotopic (exact) mass is 438 g/mol. The maximum absolute atomic E-state index is 12.5. The van der Waals surface area contributed by atoms with Crippen molar-refractivity contribution in [2.24, 2.45) is 5.10 Å². The molecule has 1 aromatic heterocycles. The van der Waals surface area contributed by atoms with Gasteiger partial charge in [-0.05, 0) is 30.3 Å².